The molecule has 6 heteroatoms. The summed E-state index contributed by atoms with van der Waals surface area (Å²) in [7, 11) is 0. The van der Waals surface area contributed by atoms with Crippen LogP contribution in [0.5, 0.6) is 0 Å². The van der Waals surface area contributed by atoms with Gasteiger partial charge >= 0.3 is 0 Å². The van der Waals surface area contributed by atoms with Gasteiger partial charge in [-0.3, -0.25) is 15.1 Å². The molecular formula is C13H8N2O2S2. The van der Waals surface area contributed by atoms with E-state index in [9.17, 15) is 10.1 Å². The van der Waals surface area contributed by atoms with Gasteiger partial charge in [0, 0.05) is 32.6 Å². The van der Waals surface area contributed by atoms with Crippen molar-refractivity contribution in [2.45, 2.75) is 0 Å². The number of benzene rings is 1. The highest BCUT2D eigenvalue weighted by atomic mass is 32.1. The highest BCUT2D eigenvalue weighted by molar-refractivity contribution is 7.27. The van der Waals surface area contributed by atoms with Gasteiger partial charge in [-0.05, 0) is 23.6 Å². The van der Waals surface area contributed by atoms with Gasteiger partial charge < -0.3 is 0 Å². The topological polar surface area (TPSA) is 55.5 Å². The minimum atomic E-state index is -0.417. The van der Waals surface area contributed by atoms with Crippen LogP contribution in [0, 0.1) is 10.1 Å². The Kier molecular flexibility index (Phi) is 3.10. The average molecular weight is 288 g/mol. The van der Waals surface area contributed by atoms with E-state index in [-0.39, 0.29) is 5.69 Å². The van der Waals surface area contributed by atoms with Gasteiger partial charge in [0.15, 0.2) is 0 Å². The highest BCUT2D eigenvalue weighted by Crippen LogP contribution is 2.29. The SMILES string of the molecule is O=[N+]([O-])c1cccc(N=Cc2cc3sccc3s2)c1. The van der Waals surface area contributed by atoms with Crippen LogP contribution in [-0.2, 0) is 0 Å². The maximum atomic E-state index is 10.7. The molecule has 3 rings (SSSR count). The molecule has 0 spiro atoms. The fourth-order valence-corrected chi connectivity index (χ4v) is 3.66. The molecule has 0 amide bonds. The second kappa shape index (κ2) is 4.91. The Balaban J connectivity index is 1.87. The first-order valence-electron chi connectivity index (χ1n) is 5.48. The van der Waals surface area contributed by atoms with Gasteiger partial charge in [0.05, 0.1) is 10.6 Å². The predicted molar refractivity (Wildman–Crippen MR) is 80.1 cm³/mol. The number of nitro groups is 1. The maximum absolute atomic E-state index is 10.7. The third-order valence-electron chi connectivity index (χ3n) is 2.54. The first-order valence-corrected chi connectivity index (χ1v) is 7.17. The Morgan fingerprint density at radius 2 is 2.11 bits per heavy atom. The molecule has 0 fully saturated rings. The molecule has 1 aromatic carbocycles. The second-order valence-corrected chi connectivity index (χ2v) is 5.90. The van der Waals surface area contributed by atoms with Crippen molar-refractivity contribution >= 4 is 49.7 Å². The Bertz CT molecular complexity index is 745. The monoisotopic (exact) mass is 288 g/mol. The lowest BCUT2D eigenvalue weighted by Crippen LogP contribution is -1.86. The van der Waals surface area contributed by atoms with Gasteiger partial charge in [0.2, 0.25) is 0 Å². The van der Waals surface area contributed by atoms with Crippen molar-refractivity contribution in [2.24, 2.45) is 4.99 Å². The summed E-state index contributed by atoms with van der Waals surface area (Å²) in [5, 5.41) is 12.7. The third-order valence-corrected chi connectivity index (χ3v) is 4.57. The molecule has 19 heavy (non-hydrogen) atoms. The lowest BCUT2D eigenvalue weighted by atomic mass is 10.3. The first kappa shape index (κ1) is 12.0. The normalized spacial score (nSPS) is 11.4. The number of fused-ring (bicyclic) bond motifs is 1. The van der Waals surface area contributed by atoms with E-state index < -0.39 is 4.92 Å². The minimum Gasteiger partial charge on any atom is -0.258 e. The molecule has 0 aliphatic rings. The van der Waals surface area contributed by atoms with E-state index in [0.29, 0.717) is 5.69 Å². The summed E-state index contributed by atoms with van der Waals surface area (Å²) in [5.74, 6) is 0. The number of rotatable bonds is 3. The Hall–Kier alpha value is -2.05. The van der Waals surface area contributed by atoms with E-state index in [1.165, 1.54) is 21.5 Å². The summed E-state index contributed by atoms with van der Waals surface area (Å²) in [6.45, 7) is 0. The van der Waals surface area contributed by atoms with Gasteiger partial charge in [-0.1, -0.05) is 6.07 Å². The fourth-order valence-electron chi connectivity index (χ4n) is 1.67. The summed E-state index contributed by atoms with van der Waals surface area (Å²) in [4.78, 5) is 15.6. The quantitative estimate of drug-likeness (QED) is 0.401. The number of thiophene rings is 2. The van der Waals surface area contributed by atoms with Crippen LogP contribution < -0.4 is 0 Å². The Morgan fingerprint density at radius 3 is 2.89 bits per heavy atom. The molecule has 0 radical (unpaired) electrons. The zero-order valence-corrected chi connectivity index (χ0v) is 11.3. The molecule has 2 heterocycles. The van der Waals surface area contributed by atoms with Crippen molar-refractivity contribution in [3.8, 4) is 0 Å². The van der Waals surface area contributed by atoms with Crippen molar-refractivity contribution in [3.63, 3.8) is 0 Å². The third kappa shape index (κ3) is 2.54. The number of hydrogen-bond acceptors (Lipinski definition) is 5. The van der Waals surface area contributed by atoms with Crippen LogP contribution in [0.25, 0.3) is 9.40 Å². The summed E-state index contributed by atoms with van der Waals surface area (Å²) < 4.78 is 2.48. The van der Waals surface area contributed by atoms with E-state index in [0.717, 1.165) is 4.88 Å². The standard InChI is InChI=1S/C13H8N2O2S2/c16-15(17)10-3-1-2-9(6-10)14-8-11-7-13-12(19-11)4-5-18-13/h1-8H. The molecule has 0 N–H and O–H groups in total. The fraction of sp³-hybridized carbons (Fsp3) is 0. The molecule has 0 unspecified atom stereocenters. The van der Waals surface area contributed by atoms with E-state index >= 15 is 0 Å². The number of nitro benzene ring substituents is 1. The molecule has 0 aliphatic heterocycles. The first-order chi connectivity index (χ1) is 9.22. The maximum Gasteiger partial charge on any atom is 0.271 e. The molecule has 0 saturated carbocycles. The predicted octanol–water partition coefficient (Wildman–Crippen LogP) is 4.62. The summed E-state index contributed by atoms with van der Waals surface area (Å²) in [6, 6.07) is 10.5. The number of non-ortho nitro benzene ring substituents is 1. The van der Waals surface area contributed by atoms with Crippen LogP contribution in [0.1, 0.15) is 4.88 Å². The average Bonchev–Trinajstić information content (AvgIpc) is 2.97. The van der Waals surface area contributed by atoms with Crippen LogP contribution >= 0.6 is 22.7 Å². The van der Waals surface area contributed by atoms with Crippen LogP contribution in [0.3, 0.4) is 0 Å². The molecule has 0 saturated heterocycles. The lowest BCUT2D eigenvalue weighted by molar-refractivity contribution is -0.384. The van der Waals surface area contributed by atoms with Gasteiger partial charge in [-0.2, -0.15) is 0 Å². The van der Waals surface area contributed by atoms with Crippen LogP contribution in [0.15, 0.2) is 46.8 Å². The van der Waals surface area contributed by atoms with E-state index in [4.69, 9.17) is 0 Å². The van der Waals surface area contributed by atoms with E-state index in [1.54, 1.807) is 41.0 Å². The van der Waals surface area contributed by atoms with Crippen molar-refractivity contribution in [1.82, 2.24) is 0 Å². The molecule has 94 valence electrons. The summed E-state index contributed by atoms with van der Waals surface area (Å²) >= 11 is 3.36. The lowest BCUT2D eigenvalue weighted by Gasteiger charge is -1.93. The molecule has 0 atom stereocenters. The molecule has 2 aromatic heterocycles. The number of aliphatic imine (C=N–C) groups is 1. The van der Waals surface area contributed by atoms with Crippen molar-refractivity contribution < 1.29 is 4.92 Å². The van der Waals surface area contributed by atoms with Gasteiger partial charge in [-0.15, -0.1) is 22.7 Å². The zero-order valence-electron chi connectivity index (χ0n) is 9.65. The van der Waals surface area contributed by atoms with Crippen molar-refractivity contribution in [2.75, 3.05) is 0 Å². The number of nitrogens with zero attached hydrogens (tertiary/aromatic N) is 2. The van der Waals surface area contributed by atoms with Crippen LogP contribution in [-0.4, -0.2) is 11.1 Å². The molecule has 0 aliphatic carbocycles. The molecule has 0 bridgehead atoms. The summed E-state index contributed by atoms with van der Waals surface area (Å²) in [5.41, 5.74) is 0.646. The smallest absolute Gasteiger partial charge is 0.258 e. The van der Waals surface area contributed by atoms with Crippen molar-refractivity contribution in [1.29, 1.82) is 0 Å². The van der Waals surface area contributed by atoms with Crippen LogP contribution in [0.2, 0.25) is 0 Å². The number of hydrogen-bond donors (Lipinski definition) is 0. The zero-order chi connectivity index (χ0) is 13.2. The van der Waals surface area contributed by atoms with Gasteiger partial charge in [0.1, 0.15) is 0 Å². The molecule has 3 aromatic rings. The van der Waals surface area contributed by atoms with E-state index in [2.05, 4.69) is 22.5 Å². The Morgan fingerprint density at radius 1 is 1.21 bits per heavy atom. The second-order valence-electron chi connectivity index (χ2n) is 3.83. The summed E-state index contributed by atoms with van der Waals surface area (Å²) in [6.07, 6.45) is 1.75. The minimum absolute atomic E-state index is 0.0572. The van der Waals surface area contributed by atoms with Gasteiger partial charge in [-0.25, -0.2) is 0 Å². The van der Waals surface area contributed by atoms with E-state index in [1.807, 2.05) is 0 Å². The molecular weight excluding hydrogens is 280 g/mol. The largest absolute Gasteiger partial charge is 0.271 e. The van der Waals surface area contributed by atoms with Gasteiger partial charge in [0.25, 0.3) is 5.69 Å². The molecule has 4 nitrogen and oxygen atoms in total. The Labute approximate surface area is 116 Å². The van der Waals surface area contributed by atoms with Crippen LogP contribution in [0.4, 0.5) is 11.4 Å². The highest BCUT2D eigenvalue weighted by Gasteiger charge is 2.05. The van der Waals surface area contributed by atoms with Crippen molar-refractivity contribution in [3.05, 3.63) is 56.8 Å².